The fourth-order valence-electron chi connectivity index (χ4n) is 3.63. The predicted octanol–water partition coefficient (Wildman–Crippen LogP) is 7.20. The van der Waals surface area contributed by atoms with Crippen molar-refractivity contribution in [2.24, 2.45) is 0 Å². The molecule has 0 fully saturated rings. The van der Waals surface area contributed by atoms with Crippen LogP contribution in [-0.2, 0) is 21.0 Å². The molecule has 0 saturated heterocycles. The molecule has 0 saturated carbocycles. The van der Waals surface area contributed by atoms with Crippen LogP contribution in [0.4, 0.5) is 27.6 Å². The lowest BCUT2D eigenvalue weighted by atomic mass is 10.0. The van der Waals surface area contributed by atoms with Crippen LogP contribution < -0.4 is 13.8 Å². The van der Waals surface area contributed by atoms with Crippen LogP contribution in [0.3, 0.4) is 0 Å². The fraction of sp³-hybridized carbons (Fsp3) is 0.222. The molecule has 1 aliphatic rings. The fourth-order valence-corrected chi connectivity index (χ4v) is 5.36. The first-order chi connectivity index (χ1) is 19.2. The first-order valence-corrected chi connectivity index (χ1v) is 13.7. The van der Waals surface area contributed by atoms with Gasteiger partial charge in [-0.3, -0.25) is 9.10 Å². The van der Waals surface area contributed by atoms with Crippen LogP contribution in [0.5, 0.6) is 11.5 Å². The number of alkyl halides is 5. The molecule has 0 bridgehead atoms. The Labute approximate surface area is 237 Å². The minimum atomic E-state index is -4.62. The van der Waals surface area contributed by atoms with E-state index in [0.717, 1.165) is 16.4 Å². The van der Waals surface area contributed by atoms with E-state index < -0.39 is 34.3 Å². The van der Waals surface area contributed by atoms with Gasteiger partial charge in [0.25, 0.3) is 10.0 Å². The Morgan fingerprint density at radius 2 is 1.80 bits per heavy atom. The van der Waals surface area contributed by atoms with E-state index in [0.29, 0.717) is 5.56 Å². The van der Waals surface area contributed by atoms with Gasteiger partial charge < -0.3 is 14.6 Å². The number of ether oxygens (including phenoxy) is 2. The van der Waals surface area contributed by atoms with Crippen LogP contribution >= 0.6 is 11.6 Å². The van der Waals surface area contributed by atoms with Crippen LogP contribution in [0.2, 0.25) is 5.02 Å². The van der Waals surface area contributed by atoms with Crippen molar-refractivity contribution < 1.29 is 49.7 Å². The zero-order valence-corrected chi connectivity index (χ0v) is 22.8. The number of benzene rings is 3. The lowest BCUT2D eigenvalue weighted by Crippen LogP contribution is -2.38. The van der Waals surface area contributed by atoms with Crippen molar-refractivity contribution in [3.63, 3.8) is 0 Å². The Bertz CT molecular complexity index is 1530. The molecule has 0 atom stereocenters. The normalized spacial score (nSPS) is 13.3. The van der Waals surface area contributed by atoms with Crippen LogP contribution in [0.1, 0.15) is 30.0 Å². The molecule has 14 heteroatoms. The molecule has 0 aliphatic carbocycles. The van der Waals surface area contributed by atoms with Crippen molar-refractivity contribution in [1.82, 2.24) is 0 Å². The summed E-state index contributed by atoms with van der Waals surface area (Å²) in [6, 6.07) is 12.6. The molecule has 1 aliphatic heterocycles. The summed E-state index contributed by atoms with van der Waals surface area (Å²) in [6.45, 7) is -1.58. The predicted molar refractivity (Wildman–Crippen MR) is 143 cm³/mol. The maximum Gasteiger partial charge on any atom is 0.417 e. The van der Waals surface area contributed by atoms with Crippen LogP contribution in [0.15, 0.2) is 65.6 Å². The molecule has 7 nitrogen and oxygen atoms in total. The van der Waals surface area contributed by atoms with Crippen molar-refractivity contribution in [3.8, 4) is 11.5 Å². The number of anilines is 1. The summed E-state index contributed by atoms with van der Waals surface area (Å²) in [5, 5.41) is 7.62. The lowest BCUT2D eigenvalue weighted by Gasteiger charge is -2.30. The van der Waals surface area contributed by atoms with Gasteiger partial charge in [0.05, 0.1) is 22.7 Å². The highest BCUT2D eigenvalue weighted by molar-refractivity contribution is 7.92. The number of hydrogen-bond acceptors (Lipinski definition) is 5. The molecule has 3 aromatic rings. The zero-order chi connectivity index (χ0) is 30.4. The second-order valence-corrected chi connectivity index (χ2v) is 10.6. The molecule has 4 rings (SSSR count). The standard InChI is InChI=1S/C24H17ClF5NO4S.C3H6O2/c25-20-6-2-5-19(24(28,29)30)18(20)9-7-15-8-10-22-21(13-15)31(11-12-34-22)36(32,33)17-4-1-3-16(14-17)35-23(26)27;1-2-3(4)5/h1-10,13-14,23H,11-12H2;2H2,1H3,(H,4,5)/b9-7+;. The van der Waals surface area contributed by atoms with E-state index in [1.807, 2.05) is 0 Å². The van der Waals surface area contributed by atoms with Crippen molar-refractivity contribution in [2.45, 2.75) is 31.0 Å². The summed E-state index contributed by atoms with van der Waals surface area (Å²) in [5.74, 6) is -0.836. The van der Waals surface area contributed by atoms with E-state index in [1.54, 1.807) is 13.0 Å². The highest BCUT2D eigenvalue weighted by atomic mass is 35.5. The summed E-state index contributed by atoms with van der Waals surface area (Å²) in [6.07, 6.45) is -1.84. The van der Waals surface area contributed by atoms with E-state index in [-0.39, 0.29) is 52.2 Å². The topological polar surface area (TPSA) is 93.1 Å². The van der Waals surface area contributed by atoms with Gasteiger partial charge in [-0.25, -0.2) is 8.42 Å². The smallest absolute Gasteiger partial charge is 0.417 e. The Hall–Kier alpha value is -3.84. The molecule has 0 amide bonds. The number of rotatable bonds is 7. The maximum absolute atomic E-state index is 13.4. The lowest BCUT2D eigenvalue weighted by molar-refractivity contribution is -0.138. The zero-order valence-electron chi connectivity index (χ0n) is 21.2. The summed E-state index contributed by atoms with van der Waals surface area (Å²) >= 11 is 6.00. The Kier molecular flexibility index (Phi) is 10.2. The summed E-state index contributed by atoms with van der Waals surface area (Å²) in [5.41, 5.74) is -0.635. The number of sulfonamides is 1. The van der Waals surface area contributed by atoms with E-state index >= 15 is 0 Å². The average Bonchev–Trinajstić information content (AvgIpc) is 2.91. The molecule has 0 radical (unpaired) electrons. The van der Waals surface area contributed by atoms with Gasteiger partial charge in [0.2, 0.25) is 0 Å². The van der Waals surface area contributed by atoms with Crippen molar-refractivity contribution in [2.75, 3.05) is 17.5 Å². The Morgan fingerprint density at radius 1 is 1.12 bits per heavy atom. The Morgan fingerprint density at radius 3 is 2.44 bits per heavy atom. The number of fused-ring (bicyclic) bond motifs is 1. The van der Waals surface area contributed by atoms with Gasteiger partial charge in [-0.1, -0.05) is 48.9 Å². The second kappa shape index (κ2) is 13.2. The van der Waals surface area contributed by atoms with Crippen LogP contribution in [-0.4, -0.2) is 39.3 Å². The van der Waals surface area contributed by atoms with Gasteiger partial charge in [-0.2, -0.15) is 22.0 Å². The molecule has 220 valence electrons. The molecule has 41 heavy (non-hydrogen) atoms. The third-order valence-electron chi connectivity index (χ3n) is 5.53. The van der Waals surface area contributed by atoms with Gasteiger partial charge in [-0.15, -0.1) is 0 Å². The summed E-state index contributed by atoms with van der Waals surface area (Å²) < 4.78 is 103. The van der Waals surface area contributed by atoms with Gasteiger partial charge in [0, 0.05) is 23.1 Å². The molecule has 0 spiro atoms. The van der Waals surface area contributed by atoms with E-state index in [2.05, 4.69) is 4.74 Å². The molecule has 1 heterocycles. The average molecular weight is 620 g/mol. The van der Waals surface area contributed by atoms with Crippen molar-refractivity contribution in [1.29, 1.82) is 0 Å². The highest BCUT2D eigenvalue weighted by Crippen LogP contribution is 2.38. The first kappa shape index (κ1) is 31.7. The number of nitrogens with zero attached hydrogens (tertiary/aromatic N) is 1. The third kappa shape index (κ3) is 8.10. The highest BCUT2D eigenvalue weighted by Gasteiger charge is 2.34. The number of halogens is 6. The SMILES string of the molecule is CCC(=O)O.O=S(=O)(c1cccc(OC(F)F)c1)N1CCOc2ccc(/C=C/c3c(Cl)cccc3C(F)(F)F)cc21. The van der Waals surface area contributed by atoms with E-state index in [9.17, 15) is 35.2 Å². The van der Waals surface area contributed by atoms with Gasteiger partial charge >= 0.3 is 18.8 Å². The van der Waals surface area contributed by atoms with Crippen LogP contribution in [0, 0.1) is 0 Å². The molecule has 3 aromatic carbocycles. The molecule has 0 aromatic heterocycles. The number of carboxylic acids is 1. The van der Waals surface area contributed by atoms with Crippen molar-refractivity contribution in [3.05, 3.63) is 82.4 Å². The minimum Gasteiger partial charge on any atom is -0.489 e. The van der Waals surface area contributed by atoms with Crippen molar-refractivity contribution >= 4 is 45.4 Å². The molecular formula is C27H23ClF5NO6S. The minimum absolute atomic E-state index is 0.0310. The largest absolute Gasteiger partial charge is 0.489 e. The van der Waals surface area contributed by atoms with Gasteiger partial charge in [0.15, 0.2) is 0 Å². The number of carboxylic acid groups (broad SMARTS) is 1. The molecule has 1 N–H and O–H groups in total. The Balaban J connectivity index is 0.000000850. The maximum atomic E-state index is 13.4. The number of aliphatic carboxylic acids is 1. The van der Waals surface area contributed by atoms with Gasteiger partial charge in [-0.05, 0) is 42.0 Å². The first-order valence-electron chi connectivity index (χ1n) is 11.8. The van der Waals surface area contributed by atoms with Crippen LogP contribution in [0.25, 0.3) is 12.2 Å². The van der Waals surface area contributed by atoms with Gasteiger partial charge in [0.1, 0.15) is 18.1 Å². The third-order valence-corrected chi connectivity index (χ3v) is 7.66. The molecule has 0 unspecified atom stereocenters. The van der Waals surface area contributed by atoms with E-state index in [4.69, 9.17) is 21.4 Å². The number of hydrogen-bond donors (Lipinski definition) is 1. The second-order valence-electron chi connectivity index (χ2n) is 8.29. The number of carbonyl (C=O) groups is 1. The van der Waals surface area contributed by atoms with E-state index in [1.165, 1.54) is 54.6 Å². The monoisotopic (exact) mass is 619 g/mol. The summed E-state index contributed by atoms with van der Waals surface area (Å²) in [7, 11) is -4.22. The molecular weight excluding hydrogens is 597 g/mol. The summed E-state index contributed by atoms with van der Waals surface area (Å²) in [4.78, 5) is 9.09. The quantitative estimate of drug-likeness (QED) is 0.222.